The van der Waals surface area contributed by atoms with Crippen LogP contribution in [0.2, 0.25) is 0 Å². The Balaban J connectivity index is 1.17. The van der Waals surface area contributed by atoms with Gasteiger partial charge >= 0.3 is 0 Å². The second kappa shape index (κ2) is 18.9. The average molecular weight is 722 g/mol. The predicted octanol–water partition coefficient (Wildman–Crippen LogP) is 6.94. The van der Waals surface area contributed by atoms with Gasteiger partial charge in [0.2, 0.25) is 11.8 Å². The van der Waals surface area contributed by atoms with E-state index < -0.39 is 6.04 Å². The van der Waals surface area contributed by atoms with Crippen molar-refractivity contribution in [3.8, 4) is 17.2 Å². The molecule has 1 aliphatic heterocycles. The van der Waals surface area contributed by atoms with Crippen molar-refractivity contribution in [3.63, 3.8) is 0 Å². The van der Waals surface area contributed by atoms with E-state index in [4.69, 9.17) is 15.2 Å². The summed E-state index contributed by atoms with van der Waals surface area (Å²) < 4.78 is 12.5. The summed E-state index contributed by atoms with van der Waals surface area (Å²) in [7, 11) is 2.04. The van der Waals surface area contributed by atoms with Crippen molar-refractivity contribution in [2.24, 2.45) is 5.92 Å². The lowest BCUT2D eigenvalue weighted by Crippen LogP contribution is -2.49. The number of hydrogen-bond acceptors (Lipinski definition) is 8. The molecule has 0 spiro atoms. The number of aliphatic hydroxyl groups excluding tert-OH is 1. The summed E-state index contributed by atoms with van der Waals surface area (Å²) in [6.45, 7) is 5.38. The lowest BCUT2D eigenvalue weighted by Gasteiger charge is -2.38. The van der Waals surface area contributed by atoms with Crippen molar-refractivity contribution in [2.75, 3.05) is 43.1 Å². The van der Waals surface area contributed by atoms with E-state index >= 15 is 0 Å². The van der Waals surface area contributed by atoms with Crippen LogP contribution in [0.4, 0.5) is 17.1 Å². The number of carbonyl (C=O) groups excluding carboxylic acids is 3. The molecule has 4 aromatic rings. The number of nitrogen functional groups attached to an aromatic ring is 1. The maximum absolute atomic E-state index is 13.9. The number of fused-ring (bicyclic) bond motifs is 1. The van der Waals surface area contributed by atoms with Crippen LogP contribution in [0.15, 0.2) is 97.1 Å². The van der Waals surface area contributed by atoms with Gasteiger partial charge in [0.05, 0.1) is 29.6 Å². The third-order valence-electron chi connectivity index (χ3n) is 9.34. The third-order valence-corrected chi connectivity index (χ3v) is 9.34. The number of nitrogens with one attached hydrogen (secondary N) is 2. The van der Waals surface area contributed by atoms with E-state index in [0.29, 0.717) is 73.7 Å². The van der Waals surface area contributed by atoms with Crippen LogP contribution in [0.3, 0.4) is 0 Å². The Morgan fingerprint density at radius 1 is 0.925 bits per heavy atom. The van der Waals surface area contributed by atoms with E-state index in [-0.39, 0.29) is 42.8 Å². The number of anilines is 3. The van der Waals surface area contributed by atoms with Crippen molar-refractivity contribution in [1.82, 2.24) is 9.80 Å². The van der Waals surface area contributed by atoms with Gasteiger partial charge in [-0.15, -0.1) is 0 Å². The molecular weight excluding hydrogens is 670 g/mol. The van der Waals surface area contributed by atoms with Gasteiger partial charge in [-0.1, -0.05) is 55.8 Å². The van der Waals surface area contributed by atoms with Gasteiger partial charge in [0.15, 0.2) is 0 Å². The highest BCUT2D eigenvalue weighted by Gasteiger charge is 2.33. The summed E-state index contributed by atoms with van der Waals surface area (Å²) in [6.07, 6.45) is 2.31. The molecule has 3 amide bonds. The van der Waals surface area contributed by atoms with Gasteiger partial charge in [-0.3, -0.25) is 19.3 Å². The first kappa shape index (κ1) is 38.8. The Morgan fingerprint density at radius 3 is 2.28 bits per heavy atom. The summed E-state index contributed by atoms with van der Waals surface area (Å²) in [6, 6.07) is 29.5. The largest absolute Gasteiger partial charge is 0.488 e. The molecule has 0 aliphatic carbocycles. The quantitative estimate of drug-likeness (QED) is 0.0719. The van der Waals surface area contributed by atoms with Crippen LogP contribution in [-0.2, 0) is 16.1 Å². The fourth-order valence-electron chi connectivity index (χ4n) is 6.28. The summed E-state index contributed by atoms with van der Waals surface area (Å²) in [4.78, 5) is 42.9. The minimum Gasteiger partial charge on any atom is -0.488 e. The second-order valence-corrected chi connectivity index (χ2v) is 13.8. The van der Waals surface area contributed by atoms with Crippen LogP contribution in [0.25, 0.3) is 0 Å². The van der Waals surface area contributed by atoms with E-state index in [1.165, 1.54) is 0 Å². The summed E-state index contributed by atoms with van der Waals surface area (Å²) in [5.74, 6) is 1.39. The Bertz CT molecular complexity index is 1820. The number of ether oxygens (including phenoxy) is 2. The molecule has 3 atom stereocenters. The smallest absolute Gasteiger partial charge is 0.258 e. The highest BCUT2D eigenvalue weighted by atomic mass is 16.5. The molecular formula is C42H51N5O6. The molecule has 280 valence electrons. The Hall–Kier alpha value is -5.39. The molecule has 0 fully saturated rings. The molecule has 11 nitrogen and oxygen atoms in total. The first-order valence-electron chi connectivity index (χ1n) is 18.3. The molecule has 1 heterocycles. The average Bonchev–Trinajstić information content (AvgIpc) is 3.15. The number of nitrogens with zero attached hydrogens (tertiary/aromatic N) is 2. The zero-order chi connectivity index (χ0) is 37.7. The highest BCUT2D eigenvalue weighted by Crippen LogP contribution is 2.31. The van der Waals surface area contributed by atoms with Crippen LogP contribution in [0.5, 0.6) is 17.2 Å². The van der Waals surface area contributed by atoms with E-state index in [0.717, 1.165) is 17.1 Å². The Labute approximate surface area is 312 Å². The van der Waals surface area contributed by atoms with Gasteiger partial charge < -0.3 is 35.8 Å². The van der Waals surface area contributed by atoms with Crippen molar-refractivity contribution in [2.45, 2.75) is 64.6 Å². The van der Waals surface area contributed by atoms with E-state index in [9.17, 15) is 19.5 Å². The van der Waals surface area contributed by atoms with Gasteiger partial charge in [0.1, 0.15) is 23.4 Å². The molecule has 5 rings (SSSR count). The van der Waals surface area contributed by atoms with Crippen LogP contribution >= 0.6 is 0 Å². The normalized spacial score (nSPS) is 16.2. The van der Waals surface area contributed by atoms with Gasteiger partial charge in [-0.05, 0) is 87.0 Å². The second-order valence-electron chi connectivity index (χ2n) is 13.8. The molecule has 0 bridgehead atoms. The number of nitrogens with two attached hydrogens (primary N) is 1. The lowest BCUT2D eigenvalue weighted by atomic mass is 9.99. The predicted molar refractivity (Wildman–Crippen MR) is 208 cm³/mol. The number of amides is 3. The van der Waals surface area contributed by atoms with Crippen molar-refractivity contribution in [1.29, 1.82) is 0 Å². The Morgan fingerprint density at radius 2 is 1.58 bits per heavy atom. The van der Waals surface area contributed by atoms with Gasteiger partial charge in [-0.2, -0.15) is 0 Å². The summed E-state index contributed by atoms with van der Waals surface area (Å²) in [5.41, 5.74) is 8.95. The number of rotatable bonds is 16. The van der Waals surface area contributed by atoms with Gasteiger partial charge in [-0.25, -0.2) is 0 Å². The molecule has 1 aliphatic rings. The standard InChI is InChI=1S/C42H51N5O6/c1-29-25-47(30(2)28-48)42(51)35-24-32(44-40(49)16-8-5-9-17-41(50)45-37-15-11-10-14-36(37)43)20-23-38(35)53-39(29)27-46(3)26-31-18-21-34(22-19-31)52-33-12-6-4-7-13-33/h4,6-7,10-15,18-24,29-30,39,48H,5,8-9,16-17,25-28,43H2,1-3H3,(H,44,49)(H,45,50)/t29-,30-,39-/m0/s1. The van der Waals surface area contributed by atoms with E-state index in [2.05, 4.69) is 22.5 Å². The number of likely N-dealkylation sites (N-methyl/N-ethyl adjacent to an activating group) is 1. The number of carbonyl (C=O) groups is 3. The van der Waals surface area contributed by atoms with Crippen LogP contribution in [0.1, 0.15) is 61.9 Å². The number of aliphatic hydroxyl groups is 1. The monoisotopic (exact) mass is 721 g/mol. The molecule has 0 unspecified atom stereocenters. The molecule has 11 heteroatoms. The fourth-order valence-corrected chi connectivity index (χ4v) is 6.28. The SMILES string of the molecule is C[C@H]1CN([C@@H](C)CO)C(=O)c2cc(NC(=O)CCCCCC(=O)Nc3ccccc3N)ccc2O[C@H]1CN(C)Cc1ccc(Oc2ccccc2)cc1. The Kier molecular flexibility index (Phi) is 13.9. The van der Waals surface area contributed by atoms with Crippen LogP contribution in [-0.4, -0.2) is 71.5 Å². The van der Waals surface area contributed by atoms with Crippen LogP contribution < -0.4 is 25.8 Å². The molecule has 0 saturated carbocycles. The number of hydrogen-bond donors (Lipinski definition) is 4. The molecule has 4 aromatic carbocycles. The highest BCUT2D eigenvalue weighted by molar-refractivity contribution is 6.00. The molecule has 0 aromatic heterocycles. The minimum atomic E-state index is -0.406. The molecule has 5 N–H and O–H groups in total. The van der Waals surface area contributed by atoms with Gasteiger partial charge in [0, 0.05) is 44.1 Å². The lowest BCUT2D eigenvalue weighted by molar-refractivity contribution is -0.116. The van der Waals surface area contributed by atoms with E-state index in [1.807, 2.05) is 80.7 Å². The maximum Gasteiger partial charge on any atom is 0.258 e. The van der Waals surface area contributed by atoms with Crippen molar-refractivity contribution >= 4 is 34.8 Å². The van der Waals surface area contributed by atoms with Gasteiger partial charge in [0.25, 0.3) is 5.91 Å². The first-order chi connectivity index (χ1) is 25.6. The van der Waals surface area contributed by atoms with Crippen LogP contribution in [0, 0.1) is 5.92 Å². The minimum absolute atomic E-state index is 0.0351. The number of para-hydroxylation sites is 3. The third kappa shape index (κ3) is 11.3. The molecule has 0 radical (unpaired) electrons. The molecule has 0 saturated heterocycles. The first-order valence-corrected chi connectivity index (χ1v) is 18.3. The maximum atomic E-state index is 13.9. The van der Waals surface area contributed by atoms with E-state index in [1.54, 1.807) is 35.2 Å². The summed E-state index contributed by atoms with van der Waals surface area (Å²) in [5, 5.41) is 15.8. The zero-order valence-electron chi connectivity index (χ0n) is 30.8. The summed E-state index contributed by atoms with van der Waals surface area (Å²) >= 11 is 0. The number of benzene rings is 4. The zero-order valence-corrected chi connectivity index (χ0v) is 30.8. The topological polar surface area (TPSA) is 146 Å². The fraction of sp³-hybridized carbons (Fsp3) is 0.357. The van der Waals surface area contributed by atoms with Crippen molar-refractivity contribution in [3.05, 3.63) is 108 Å². The number of unbranched alkanes of at least 4 members (excludes halogenated alkanes) is 2. The molecule has 53 heavy (non-hydrogen) atoms. The van der Waals surface area contributed by atoms with Crippen molar-refractivity contribution < 1.29 is 29.0 Å².